The lowest BCUT2D eigenvalue weighted by atomic mass is 10.1. The zero-order valence-corrected chi connectivity index (χ0v) is 12.4. The van der Waals surface area contributed by atoms with Gasteiger partial charge >= 0.3 is 0 Å². The molecular weight excluding hydrogens is 307 g/mol. The number of anilines is 1. The number of halogens is 1. The zero-order chi connectivity index (χ0) is 15.7. The first-order valence-corrected chi connectivity index (χ1v) is 8.27. The predicted octanol–water partition coefficient (Wildman–Crippen LogP) is 2.25. The molecule has 0 amide bonds. The maximum absolute atomic E-state index is 13.2. The molecular formula is C14H13FN4O2S. The molecule has 0 radical (unpaired) electrons. The Balaban J connectivity index is 1.88. The van der Waals surface area contributed by atoms with Crippen LogP contribution in [0, 0.1) is 5.82 Å². The second-order valence-corrected chi connectivity index (χ2v) is 6.57. The van der Waals surface area contributed by atoms with Crippen LogP contribution in [0.4, 0.5) is 10.2 Å². The van der Waals surface area contributed by atoms with Crippen molar-refractivity contribution in [3.63, 3.8) is 0 Å². The fraction of sp³-hybridized carbons (Fsp3) is 0.0714. The zero-order valence-electron chi connectivity index (χ0n) is 11.6. The molecule has 6 nitrogen and oxygen atoms in total. The summed E-state index contributed by atoms with van der Waals surface area (Å²) < 4.78 is 35.2. The minimum atomic E-state index is -3.35. The van der Waals surface area contributed by atoms with E-state index < -0.39 is 10.0 Å². The second-order valence-electron chi connectivity index (χ2n) is 4.82. The largest absolute Gasteiger partial charge is 0.360 e. The van der Waals surface area contributed by atoms with E-state index in [4.69, 9.17) is 0 Å². The molecule has 0 aliphatic heterocycles. The normalized spacial score (nSPS) is 11.7. The van der Waals surface area contributed by atoms with Crippen molar-refractivity contribution in [1.82, 2.24) is 14.8 Å². The van der Waals surface area contributed by atoms with E-state index in [0.29, 0.717) is 11.3 Å². The number of hydrogen-bond acceptors (Lipinski definition) is 4. The molecule has 0 atom stereocenters. The van der Waals surface area contributed by atoms with Crippen LogP contribution in [0.25, 0.3) is 22.0 Å². The van der Waals surface area contributed by atoms with Crippen molar-refractivity contribution >= 4 is 26.7 Å². The summed E-state index contributed by atoms with van der Waals surface area (Å²) in [4.78, 5) is 9.29. The Morgan fingerprint density at radius 1 is 1.23 bits per heavy atom. The monoisotopic (exact) mass is 320 g/mol. The topological polar surface area (TPSA) is 86.9 Å². The molecule has 0 bridgehead atoms. The van der Waals surface area contributed by atoms with Gasteiger partial charge in [0, 0.05) is 34.4 Å². The summed E-state index contributed by atoms with van der Waals surface area (Å²) in [6, 6.07) is 7.98. The number of aromatic nitrogens is 2. The third kappa shape index (κ3) is 3.07. The van der Waals surface area contributed by atoms with Crippen LogP contribution < -0.4 is 10.3 Å². The summed E-state index contributed by atoms with van der Waals surface area (Å²) in [5.41, 5.74) is 4.93. The summed E-state index contributed by atoms with van der Waals surface area (Å²) in [5.74, 6) is 0.0745. The standard InChI is InChI=1S/C14H13FN4O2S/c1-22(20,21)19-18-14-5-2-9(7-17-14)12-8-16-13-6-10(15)3-4-11(12)13/h2-8,16,19H,1H3,(H,17,18). The average molecular weight is 320 g/mol. The lowest BCUT2D eigenvalue weighted by Crippen LogP contribution is -2.28. The number of nitrogens with one attached hydrogen (secondary N) is 3. The lowest BCUT2D eigenvalue weighted by Gasteiger charge is -2.06. The highest BCUT2D eigenvalue weighted by atomic mass is 32.2. The van der Waals surface area contributed by atoms with Gasteiger partial charge in [-0.05, 0) is 30.3 Å². The van der Waals surface area contributed by atoms with E-state index in [1.807, 2.05) is 0 Å². The first-order chi connectivity index (χ1) is 10.4. The number of fused-ring (bicyclic) bond motifs is 1. The van der Waals surface area contributed by atoms with Crippen LogP contribution in [-0.4, -0.2) is 24.6 Å². The van der Waals surface area contributed by atoms with Gasteiger partial charge in [-0.15, -0.1) is 4.83 Å². The first kappa shape index (κ1) is 14.5. The van der Waals surface area contributed by atoms with Crippen LogP contribution in [0.2, 0.25) is 0 Å². The van der Waals surface area contributed by atoms with E-state index in [-0.39, 0.29) is 5.82 Å². The molecule has 0 saturated carbocycles. The van der Waals surface area contributed by atoms with Gasteiger partial charge in [-0.1, -0.05) is 0 Å². The molecule has 0 aliphatic rings. The van der Waals surface area contributed by atoms with Crippen molar-refractivity contribution in [1.29, 1.82) is 0 Å². The number of hydrogen-bond donors (Lipinski definition) is 3. The molecule has 1 aromatic carbocycles. The molecule has 3 N–H and O–H groups in total. The van der Waals surface area contributed by atoms with Crippen molar-refractivity contribution in [3.8, 4) is 11.1 Å². The van der Waals surface area contributed by atoms with Crippen LogP contribution in [0.3, 0.4) is 0 Å². The van der Waals surface area contributed by atoms with Crippen LogP contribution >= 0.6 is 0 Å². The molecule has 0 unspecified atom stereocenters. The molecule has 114 valence electrons. The molecule has 0 spiro atoms. The molecule has 2 aromatic heterocycles. The van der Waals surface area contributed by atoms with Gasteiger partial charge in [0.25, 0.3) is 0 Å². The van der Waals surface area contributed by atoms with Crippen molar-refractivity contribution in [3.05, 3.63) is 48.5 Å². The Kier molecular flexibility index (Phi) is 3.55. The number of pyridine rings is 1. The van der Waals surface area contributed by atoms with Gasteiger partial charge in [0.1, 0.15) is 11.6 Å². The first-order valence-electron chi connectivity index (χ1n) is 6.38. The Morgan fingerprint density at radius 2 is 2.05 bits per heavy atom. The van der Waals surface area contributed by atoms with Gasteiger partial charge in [-0.2, -0.15) is 0 Å². The van der Waals surface area contributed by atoms with Crippen molar-refractivity contribution in [2.24, 2.45) is 0 Å². The fourth-order valence-electron chi connectivity index (χ4n) is 2.11. The summed E-state index contributed by atoms with van der Waals surface area (Å²) in [7, 11) is -3.35. The summed E-state index contributed by atoms with van der Waals surface area (Å²) >= 11 is 0. The second kappa shape index (κ2) is 5.39. The fourth-order valence-corrected chi connectivity index (χ4v) is 2.40. The molecule has 8 heteroatoms. The number of benzene rings is 1. The van der Waals surface area contributed by atoms with Gasteiger partial charge in [0.05, 0.1) is 6.26 Å². The third-order valence-corrected chi connectivity index (χ3v) is 3.56. The van der Waals surface area contributed by atoms with Crippen LogP contribution in [0.1, 0.15) is 0 Å². The van der Waals surface area contributed by atoms with Crippen LogP contribution in [0.15, 0.2) is 42.7 Å². The number of hydrazine groups is 1. The number of H-pyrrole nitrogens is 1. The van der Waals surface area contributed by atoms with Gasteiger partial charge in [0.2, 0.25) is 10.0 Å². The minimum absolute atomic E-state index is 0.301. The van der Waals surface area contributed by atoms with E-state index >= 15 is 0 Å². The maximum Gasteiger partial charge on any atom is 0.225 e. The Morgan fingerprint density at radius 3 is 2.73 bits per heavy atom. The van der Waals surface area contributed by atoms with Crippen LogP contribution in [-0.2, 0) is 10.0 Å². The smallest absolute Gasteiger partial charge is 0.225 e. The number of nitrogens with zero attached hydrogens (tertiary/aromatic N) is 1. The quantitative estimate of drug-likeness (QED) is 0.644. The van der Waals surface area contributed by atoms with Gasteiger partial charge < -0.3 is 4.98 Å². The molecule has 0 aliphatic carbocycles. The Labute approximate surface area is 126 Å². The highest BCUT2D eigenvalue weighted by Gasteiger charge is 2.08. The molecule has 0 saturated heterocycles. The molecule has 2 heterocycles. The van der Waals surface area contributed by atoms with Crippen molar-refractivity contribution in [2.45, 2.75) is 0 Å². The molecule has 3 rings (SSSR count). The van der Waals surface area contributed by atoms with Crippen LogP contribution in [0.5, 0.6) is 0 Å². The summed E-state index contributed by atoms with van der Waals surface area (Å²) in [6.07, 6.45) is 4.43. The highest BCUT2D eigenvalue weighted by Crippen LogP contribution is 2.28. The van der Waals surface area contributed by atoms with Crippen molar-refractivity contribution in [2.75, 3.05) is 11.7 Å². The predicted molar refractivity (Wildman–Crippen MR) is 83.1 cm³/mol. The van der Waals surface area contributed by atoms with E-state index in [2.05, 4.69) is 20.2 Å². The Bertz CT molecular complexity index is 920. The van der Waals surface area contributed by atoms with Gasteiger partial charge in [-0.25, -0.2) is 17.8 Å². The minimum Gasteiger partial charge on any atom is -0.360 e. The van der Waals surface area contributed by atoms with Gasteiger partial charge in [0.15, 0.2) is 0 Å². The molecule has 22 heavy (non-hydrogen) atoms. The number of aromatic amines is 1. The lowest BCUT2D eigenvalue weighted by molar-refractivity contribution is 0.593. The molecule has 3 aromatic rings. The maximum atomic E-state index is 13.2. The number of rotatable bonds is 4. The Hall–Kier alpha value is -2.45. The number of sulfonamides is 1. The third-order valence-electron chi connectivity index (χ3n) is 3.08. The van der Waals surface area contributed by atoms with Gasteiger partial charge in [-0.3, -0.25) is 5.43 Å². The van der Waals surface area contributed by atoms with E-state index in [1.54, 1.807) is 30.6 Å². The van der Waals surface area contributed by atoms with E-state index in [0.717, 1.165) is 22.8 Å². The van der Waals surface area contributed by atoms with E-state index in [1.165, 1.54) is 12.1 Å². The highest BCUT2D eigenvalue weighted by molar-refractivity contribution is 7.88. The SMILES string of the molecule is CS(=O)(=O)NNc1ccc(-c2c[nH]c3cc(F)ccc23)cn1. The van der Waals surface area contributed by atoms with E-state index in [9.17, 15) is 12.8 Å². The van der Waals surface area contributed by atoms with Crippen molar-refractivity contribution < 1.29 is 12.8 Å². The summed E-state index contributed by atoms with van der Waals surface area (Å²) in [5, 5.41) is 0.887. The summed E-state index contributed by atoms with van der Waals surface area (Å²) in [6.45, 7) is 0. The average Bonchev–Trinajstić information content (AvgIpc) is 2.88. The molecule has 0 fully saturated rings.